The fraction of sp³-hybridized carbons (Fsp3) is 0.628. The number of nitrogens with one attached hydrogen (secondary N) is 1. The summed E-state index contributed by atoms with van der Waals surface area (Å²) in [7, 11) is 0. The molecule has 0 radical (unpaired) electrons. The van der Waals surface area contributed by atoms with Crippen LogP contribution in [0.2, 0.25) is 0 Å². The smallest absolute Gasteiger partial charge is 0.148 e. The first kappa shape index (κ1) is 41.3. The first-order valence-corrected chi connectivity index (χ1v) is 19.9. The molecule has 0 amide bonds. The van der Waals surface area contributed by atoms with Crippen molar-refractivity contribution in [2.24, 2.45) is 5.92 Å². The summed E-state index contributed by atoms with van der Waals surface area (Å²) in [4.78, 5) is 7.54. The molecule has 0 saturated carbocycles. The summed E-state index contributed by atoms with van der Waals surface area (Å²) in [6.45, 7) is 31.2. The van der Waals surface area contributed by atoms with Gasteiger partial charge in [0.1, 0.15) is 29.1 Å². The fourth-order valence-corrected chi connectivity index (χ4v) is 6.83. The highest BCUT2D eigenvalue weighted by Crippen LogP contribution is 2.49. The van der Waals surface area contributed by atoms with E-state index in [-0.39, 0.29) is 23.6 Å². The van der Waals surface area contributed by atoms with Crippen molar-refractivity contribution in [3.63, 3.8) is 0 Å². The Labute approximate surface area is 306 Å². The predicted octanol–water partition coefficient (Wildman–Crippen LogP) is 10.5. The second-order valence-electron chi connectivity index (χ2n) is 13.8. The quantitative estimate of drug-likeness (QED) is 0.166. The molecule has 2 aliphatic heterocycles. The number of hydrogen-bond donors (Lipinski definition) is 1. The standard InChI is InChI=1S/C39H58N4O3.2C2H6/c1-8-12-23-43-35-27-32(46-30-17-15-29(16-18-30)39(5,6)7)28-36-37(35)40-38(43)33-20-19-31(44-24-13-21-41(9-2)10-3)26-34(33)42(11-4)22-14-25-45-36;2*1-2/h15-20,26-28,31,33,38,40H,8-14,21-25H2,1-7H3;2*1-2H3. The van der Waals surface area contributed by atoms with Crippen molar-refractivity contribution in [3.8, 4) is 17.2 Å². The van der Waals surface area contributed by atoms with Crippen LogP contribution in [0.3, 0.4) is 0 Å². The molecule has 0 fully saturated rings. The molecule has 7 heteroatoms. The number of rotatable bonds is 13. The number of benzene rings is 2. The van der Waals surface area contributed by atoms with Gasteiger partial charge in [0.25, 0.3) is 0 Å². The van der Waals surface area contributed by atoms with E-state index >= 15 is 0 Å². The lowest BCUT2D eigenvalue weighted by Gasteiger charge is -2.39. The van der Waals surface area contributed by atoms with E-state index in [4.69, 9.17) is 14.2 Å². The molecule has 5 rings (SSSR count). The van der Waals surface area contributed by atoms with E-state index in [2.05, 4.69) is 123 Å². The Morgan fingerprint density at radius 1 is 0.920 bits per heavy atom. The number of ether oxygens (including phenoxy) is 3. The Kier molecular flexibility index (Phi) is 17.0. The maximum Gasteiger partial charge on any atom is 0.148 e. The van der Waals surface area contributed by atoms with Gasteiger partial charge in [-0.2, -0.15) is 0 Å². The van der Waals surface area contributed by atoms with E-state index < -0.39 is 0 Å². The summed E-state index contributed by atoms with van der Waals surface area (Å²) in [5, 5.41) is 3.94. The van der Waals surface area contributed by atoms with Crippen molar-refractivity contribution in [1.82, 2.24) is 9.80 Å². The third-order valence-electron chi connectivity index (χ3n) is 9.63. The maximum atomic E-state index is 6.53. The molecular formula is C43H70N4O3. The van der Waals surface area contributed by atoms with E-state index in [0.717, 1.165) is 100 Å². The minimum atomic E-state index is -0.00788. The summed E-state index contributed by atoms with van der Waals surface area (Å²) in [5.41, 5.74) is 4.98. The Bertz CT molecular complexity index is 1330. The van der Waals surface area contributed by atoms with Crippen LogP contribution >= 0.6 is 0 Å². The summed E-state index contributed by atoms with van der Waals surface area (Å²) >= 11 is 0. The van der Waals surface area contributed by atoms with Crippen LogP contribution in [0.25, 0.3) is 0 Å². The molecule has 2 aromatic carbocycles. The molecule has 3 aliphatic rings. The van der Waals surface area contributed by atoms with Gasteiger partial charge in [0, 0.05) is 50.6 Å². The molecule has 0 aromatic heterocycles. The minimum Gasteiger partial charge on any atom is -0.491 e. The molecule has 1 N–H and O–H groups in total. The lowest BCUT2D eigenvalue weighted by atomic mass is 9.87. The van der Waals surface area contributed by atoms with Crippen molar-refractivity contribution in [3.05, 3.63) is 65.9 Å². The highest BCUT2D eigenvalue weighted by molar-refractivity contribution is 5.84. The van der Waals surface area contributed by atoms with Gasteiger partial charge in [-0.05, 0) is 68.5 Å². The van der Waals surface area contributed by atoms with E-state index in [9.17, 15) is 0 Å². The lowest BCUT2D eigenvalue weighted by molar-refractivity contribution is 0.0997. The minimum absolute atomic E-state index is 0.00788. The van der Waals surface area contributed by atoms with Gasteiger partial charge in [-0.1, -0.05) is 99.9 Å². The van der Waals surface area contributed by atoms with Crippen molar-refractivity contribution < 1.29 is 14.2 Å². The van der Waals surface area contributed by atoms with Gasteiger partial charge in [-0.15, -0.1) is 0 Å². The lowest BCUT2D eigenvalue weighted by Crippen LogP contribution is -2.46. The Morgan fingerprint density at radius 3 is 2.28 bits per heavy atom. The Balaban J connectivity index is 0.00000163. The number of anilines is 2. The Hall–Kier alpha value is -3.16. The van der Waals surface area contributed by atoms with E-state index in [1.807, 2.05) is 27.7 Å². The summed E-state index contributed by atoms with van der Waals surface area (Å²) in [5.74, 6) is 2.69. The van der Waals surface area contributed by atoms with Crippen LogP contribution in [0, 0.1) is 5.92 Å². The predicted molar refractivity (Wildman–Crippen MR) is 214 cm³/mol. The van der Waals surface area contributed by atoms with Gasteiger partial charge in [0.2, 0.25) is 0 Å². The zero-order valence-corrected chi connectivity index (χ0v) is 33.5. The molecule has 50 heavy (non-hydrogen) atoms. The normalized spacial score (nSPS) is 19.5. The average Bonchev–Trinajstić information content (AvgIpc) is 3.49. The number of nitrogens with zero attached hydrogens (tertiary/aromatic N) is 3. The van der Waals surface area contributed by atoms with Crippen molar-refractivity contribution >= 4 is 11.4 Å². The third kappa shape index (κ3) is 10.7. The van der Waals surface area contributed by atoms with Gasteiger partial charge in [0.05, 0.1) is 24.3 Å². The third-order valence-corrected chi connectivity index (χ3v) is 9.63. The number of unbranched alkanes of at least 4 members (excludes halogenated alkanes) is 1. The molecular weight excluding hydrogens is 620 g/mol. The number of hydrogen-bond acceptors (Lipinski definition) is 7. The first-order valence-electron chi connectivity index (χ1n) is 19.9. The van der Waals surface area contributed by atoms with Gasteiger partial charge in [0.15, 0.2) is 0 Å². The van der Waals surface area contributed by atoms with Gasteiger partial charge < -0.3 is 34.2 Å². The first-order chi connectivity index (χ1) is 24.2. The molecule has 2 heterocycles. The van der Waals surface area contributed by atoms with Gasteiger partial charge in [-0.3, -0.25) is 0 Å². The van der Waals surface area contributed by atoms with Crippen LogP contribution in [0.1, 0.15) is 107 Å². The second kappa shape index (κ2) is 20.6. The molecule has 0 spiro atoms. The zero-order valence-electron chi connectivity index (χ0n) is 33.5. The van der Waals surface area contributed by atoms with Crippen LogP contribution in [-0.2, 0) is 10.2 Å². The number of fused-ring (bicyclic) bond motifs is 3. The highest BCUT2D eigenvalue weighted by Gasteiger charge is 2.40. The molecule has 2 aromatic rings. The summed E-state index contributed by atoms with van der Waals surface area (Å²) in [6.07, 6.45) is 11.3. The van der Waals surface area contributed by atoms with E-state index in [0.29, 0.717) is 6.61 Å². The molecule has 1 aliphatic carbocycles. The second-order valence-corrected chi connectivity index (χ2v) is 13.8. The van der Waals surface area contributed by atoms with Crippen LogP contribution < -0.4 is 19.7 Å². The monoisotopic (exact) mass is 691 g/mol. The van der Waals surface area contributed by atoms with Crippen molar-refractivity contribution in [2.75, 3.05) is 62.7 Å². The van der Waals surface area contributed by atoms with Crippen LogP contribution in [0.15, 0.2) is 60.3 Å². The van der Waals surface area contributed by atoms with Crippen molar-refractivity contribution in [1.29, 1.82) is 0 Å². The van der Waals surface area contributed by atoms with Crippen LogP contribution in [0.4, 0.5) is 11.4 Å². The van der Waals surface area contributed by atoms with Crippen LogP contribution in [0.5, 0.6) is 17.2 Å². The largest absolute Gasteiger partial charge is 0.491 e. The average molecular weight is 691 g/mol. The van der Waals surface area contributed by atoms with Gasteiger partial charge >= 0.3 is 0 Å². The molecule has 3 atom stereocenters. The van der Waals surface area contributed by atoms with E-state index in [1.54, 1.807) is 0 Å². The maximum absolute atomic E-state index is 6.53. The molecule has 0 saturated heterocycles. The molecule has 7 nitrogen and oxygen atoms in total. The highest BCUT2D eigenvalue weighted by atomic mass is 16.5. The van der Waals surface area contributed by atoms with Crippen LogP contribution in [-0.4, -0.2) is 74.6 Å². The molecule has 3 unspecified atom stereocenters. The Morgan fingerprint density at radius 2 is 1.64 bits per heavy atom. The summed E-state index contributed by atoms with van der Waals surface area (Å²) in [6, 6.07) is 12.8. The zero-order chi connectivity index (χ0) is 36.7. The SMILES string of the molecule is CC.CC.CCCCN1c2cc(Oc3ccc(C(C)(C)C)cc3)cc3c2NC1C1C=CC(OCCCN(CC)CC)C=C1N(CC)CCCO3. The topological polar surface area (TPSA) is 49.4 Å². The fourth-order valence-electron chi connectivity index (χ4n) is 6.83. The van der Waals surface area contributed by atoms with Crippen molar-refractivity contribution in [2.45, 2.75) is 120 Å². The van der Waals surface area contributed by atoms with Gasteiger partial charge in [-0.25, -0.2) is 0 Å². The molecule has 2 bridgehead atoms. The van der Waals surface area contributed by atoms with E-state index in [1.165, 1.54) is 11.3 Å². The summed E-state index contributed by atoms with van der Waals surface area (Å²) < 4.78 is 19.5. The molecule has 280 valence electrons.